The van der Waals surface area contributed by atoms with E-state index < -0.39 is 0 Å². The average Bonchev–Trinajstić information content (AvgIpc) is 2.69. The summed E-state index contributed by atoms with van der Waals surface area (Å²) in [5.74, 6) is 0.747. The minimum Gasteiger partial charge on any atom is -0.312 e. The Labute approximate surface area is 98.1 Å². The average molecular weight is 235 g/mol. The topological polar surface area (TPSA) is 47.8 Å². The van der Waals surface area contributed by atoms with Crippen LogP contribution in [-0.4, -0.2) is 25.4 Å². The maximum absolute atomic E-state index is 10.9. The summed E-state index contributed by atoms with van der Waals surface area (Å²) in [4.78, 5) is 19.5. The molecule has 84 valence electrons. The lowest BCUT2D eigenvalue weighted by Gasteiger charge is -2.11. The van der Waals surface area contributed by atoms with Crippen LogP contribution >= 0.6 is 11.8 Å². The molecule has 0 aromatic carbocycles. The van der Waals surface area contributed by atoms with Gasteiger partial charge in [-0.3, -0.25) is 4.79 Å². The fourth-order valence-electron chi connectivity index (χ4n) is 1.51. The SMILES string of the molecule is CC(=O)SCC(C)n1cnc2cccnc21. The minimum absolute atomic E-state index is 0.143. The van der Waals surface area contributed by atoms with E-state index >= 15 is 0 Å². The number of carbonyl (C=O) groups excluding carboxylic acids is 1. The number of carbonyl (C=O) groups is 1. The van der Waals surface area contributed by atoms with Gasteiger partial charge in [0.05, 0.1) is 6.33 Å². The third kappa shape index (κ3) is 2.24. The van der Waals surface area contributed by atoms with E-state index in [-0.39, 0.29) is 11.2 Å². The molecule has 0 spiro atoms. The minimum atomic E-state index is 0.143. The first-order valence-corrected chi connectivity index (χ1v) is 6.08. The van der Waals surface area contributed by atoms with Gasteiger partial charge in [0.15, 0.2) is 10.8 Å². The molecule has 1 atom stereocenters. The van der Waals surface area contributed by atoms with Crippen molar-refractivity contribution < 1.29 is 4.79 Å². The largest absolute Gasteiger partial charge is 0.312 e. The Bertz CT molecular complexity index is 509. The molecule has 2 aromatic rings. The molecule has 4 nitrogen and oxygen atoms in total. The van der Waals surface area contributed by atoms with Crippen LogP contribution in [0.3, 0.4) is 0 Å². The summed E-state index contributed by atoms with van der Waals surface area (Å²) in [6.45, 7) is 3.65. The van der Waals surface area contributed by atoms with Crippen molar-refractivity contribution >= 4 is 28.0 Å². The summed E-state index contributed by atoms with van der Waals surface area (Å²) >= 11 is 1.33. The van der Waals surface area contributed by atoms with E-state index in [0.29, 0.717) is 0 Å². The molecule has 0 fully saturated rings. The molecular weight excluding hydrogens is 222 g/mol. The van der Waals surface area contributed by atoms with Crippen molar-refractivity contribution in [1.82, 2.24) is 14.5 Å². The third-order valence-corrected chi connectivity index (χ3v) is 3.39. The molecule has 0 radical (unpaired) electrons. The third-order valence-electron chi connectivity index (χ3n) is 2.33. The Morgan fingerprint density at radius 3 is 3.12 bits per heavy atom. The number of thioether (sulfide) groups is 1. The van der Waals surface area contributed by atoms with Gasteiger partial charge in [-0.2, -0.15) is 0 Å². The lowest BCUT2D eigenvalue weighted by Crippen LogP contribution is -2.08. The Morgan fingerprint density at radius 2 is 2.38 bits per heavy atom. The van der Waals surface area contributed by atoms with Crippen molar-refractivity contribution in [3.63, 3.8) is 0 Å². The fraction of sp³-hybridized carbons (Fsp3) is 0.364. The van der Waals surface area contributed by atoms with Gasteiger partial charge < -0.3 is 4.57 Å². The zero-order chi connectivity index (χ0) is 11.5. The van der Waals surface area contributed by atoms with Gasteiger partial charge in [-0.25, -0.2) is 9.97 Å². The van der Waals surface area contributed by atoms with Crippen molar-refractivity contribution in [2.45, 2.75) is 19.9 Å². The molecule has 0 aliphatic heterocycles. The van der Waals surface area contributed by atoms with Crippen molar-refractivity contribution in [2.24, 2.45) is 0 Å². The smallest absolute Gasteiger partial charge is 0.185 e. The second-order valence-electron chi connectivity index (χ2n) is 3.65. The Balaban J connectivity index is 2.22. The summed E-state index contributed by atoms with van der Waals surface area (Å²) in [7, 11) is 0. The van der Waals surface area contributed by atoms with E-state index in [4.69, 9.17) is 0 Å². The molecule has 2 heterocycles. The first kappa shape index (κ1) is 11.1. The van der Waals surface area contributed by atoms with E-state index in [0.717, 1.165) is 16.9 Å². The molecule has 0 aliphatic carbocycles. The van der Waals surface area contributed by atoms with Gasteiger partial charge in [0, 0.05) is 24.9 Å². The summed E-state index contributed by atoms with van der Waals surface area (Å²) in [6, 6.07) is 4.02. The van der Waals surface area contributed by atoms with E-state index in [1.807, 2.05) is 16.7 Å². The van der Waals surface area contributed by atoms with Crippen molar-refractivity contribution in [1.29, 1.82) is 0 Å². The molecule has 0 bridgehead atoms. The number of hydrogen-bond donors (Lipinski definition) is 0. The first-order valence-electron chi connectivity index (χ1n) is 5.09. The number of rotatable bonds is 3. The zero-order valence-electron chi connectivity index (χ0n) is 9.25. The lowest BCUT2D eigenvalue weighted by atomic mass is 10.4. The molecule has 16 heavy (non-hydrogen) atoms. The van der Waals surface area contributed by atoms with Crippen LogP contribution in [0, 0.1) is 0 Å². The van der Waals surface area contributed by atoms with E-state index in [2.05, 4.69) is 16.9 Å². The predicted octanol–water partition coefficient (Wildman–Crippen LogP) is 2.27. The second-order valence-corrected chi connectivity index (χ2v) is 4.85. The van der Waals surface area contributed by atoms with Crippen LogP contribution in [0.15, 0.2) is 24.7 Å². The summed E-state index contributed by atoms with van der Waals surface area (Å²) in [5, 5.41) is 0.143. The van der Waals surface area contributed by atoms with Crippen molar-refractivity contribution in [3.8, 4) is 0 Å². The lowest BCUT2D eigenvalue weighted by molar-refractivity contribution is -0.109. The standard InChI is InChI=1S/C11H13N3OS/c1-8(6-16-9(2)15)14-7-13-10-4-3-5-12-11(10)14/h3-5,7-8H,6H2,1-2H3. The highest BCUT2D eigenvalue weighted by atomic mass is 32.2. The van der Waals surface area contributed by atoms with Crippen LogP contribution in [0.4, 0.5) is 0 Å². The van der Waals surface area contributed by atoms with Crippen LogP contribution < -0.4 is 0 Å². The maximum atomic E-state index is 10.9. The molecular formula is C11H13N3OS. The monoisotopic (exact) mass is 235 g/mol. The predicted molar refractivity (Wildman–Crippen MR) is 65.4 cm³/mol. The molecule has 1 unspecified atom stereocenters. The highest BCUT2D eigenvalue weighted by molar-refractivity contribution is 8.13. The molecule has 0 saturated heterocycles. The number of imidazole rings is 1. The Morgan fingerprint density at radius 1 is 1.56 bits per heavy atom. The molecule has 0 saturated carbocycles. The highest BCUT2D eigenvalue weighted by Gasteiger charge is 2.10. The molecule has 2 rings (SSSR count). The first-order chi connectivity index (χ1) is 7.68. The molecule has 5 heteroatoms. The second kappa shape index (κ2) is 4.65. The maximum Gasteiger partial charge on any atom is 0.185 e. The summed E-state index contributed by atoms with van der Waals surface area (Å²) in [6.07, 6.45) is 3.54. The van der Waals surface area contributed by atoms with Gasteiger partial charge >= 0.3 is 0 Å². The van der Waals surface area contributed by atoms with Gasteiger partial charge in [-0.1, -0.05) is 11.8 Å². The van der Waals surface area contributed by atoms with E-state index in [1.54, 1.807) is 19.4 Å². The van der Waals surface area contributed by atoms with Crippen molar-refractivity contribution in [3.05, 3.63) is 24.7 Å². The van der Waals surface area contributed by atoms with Gasteiger partial charge in [-0.05, 0) is 19.1 Å². The van der Waals surface area contributed by atoms with E-state index in [1.165, 1.54) is 11.8 Å². The van der Waals surface area contributed by atoms with Gasteiger partial charge in [0.2, 0.25) is 0 Å². The molecule has 2 aromatic heterocycles. The molecule has 0 amide bonds. The number of pyridine rings is 1. The quantitative estimate of drug-likeness (QED) is 0.818. The number of hydrogen-bond acceptors (Lipinski definition) is 4. The Hall–Kier alpha value is -1.36. The van der Waals surface area contributed by atoms with Gasteiger partial charge in [0.25, 0.3) is 0 Å². The fourth-order valence-corrected chi connectivity index (χ4v) is 2.14. The van der Waals surface area contributed by atoms with Crippen LogP contribution in [-0.2, 0) is 4.79 Å². The zero-order valence-corrected chi connectivity index (χ0v) is 10.1. The van der Waals surface area contributed by atoms with E-state index in [9.17, 15) is 4.79 Å². The van der Waals surface area contributed by atoms with Crippen LogP contribution in [0.2, 0.25) is 0 Å². The molecule has 0 aliphatic rings. The summed E-state index contributed by atoms with van der Waals surface area (Å²) < 4.78 is 2.01. The molecule has 0 N–H and O–H groups in total. The Kier molecular flexibility index (Phi) is 3.24. The number of fused-ring (bicyclic) bond motifs is 1. The van der Waals surface area contributed by atoms with Gasteiger partial charge in [-0.15, -0.1) is 0 Å². The number of nitrogens with zero attached hydrogens (tertiary/aromatic N) is 3. The number of aromatic nitrogens is 3. The van der Waals surface area contributed by atoms with Gasteiger partial charge in [0.1, 0.15) is 5.52 Å². The summed E-state index contributed by atoms with van der Waals surface area (Å²) in [5.41, 5.74) is 1.77. The van der Waals surface area contributed by atoms with Crippen LogP contribution in [0.25, 0.3) is 11.2 Å². The van der Waals surface area contributed by atoms with Crippen LogP contribution in [0.1, 0.15) is 19.9 Å². The highest BCUT2D eigenvalue weighted by Crippen LogP contribution is 2.19. The van der Waals surface area contributed by atoms with Crippen molar-refractivity contribution in [2.75, 3.05) is 5.75 Å². The van der Waals surface area contributed by atoms with Crippen LogP contribution in [0.5, 0.6) is 0 Å². The normalized spacial score (nSPS) is 12.9.